The van der Waals surface area contributed by atoms with Gasteiger partial charge in [0.15, 0.2) is 0 Å². The lowest BCUT2D eigenvalue weighted by molar-refractivity contribution is 0.128. The van der Waals surface area contributed by atoms with Crippen molar-refractivity contribution < 1.29 is 9.84 Å². The molecule has 1 heterocycles. The van der Waals surface area contributed by atoms with E-state index in [0.717, 1.165) is 27.6 Å². The molecule has 4 nitrogen and oxygen atoms in total. The minimum Gasteiger partial charge on any atom is -0.392 e. The molecule has 1 aromatic heterocycles. The second-order valence-electron chi connectivity index (χ2n) is 4.99. The maximum Gasteiger partial charge on any atom is 0.128 e. The molecule has 0 atom stereocenters. The van der Waals surface area contributed by atoms with Crippen molar-refractivity contribution in [1.82, 2.24) is 10.2 Å². The van der Waals surface area contributed by atoms with E-state index in [1.165, 1.54) is 0 Å². The fourth-order valence-corrected chi connectivity index (χ4v) is 2.58. The third kappa shape index (κ3) is 4.52. The molecule has 0 bridgehead atoms. The van der Waals surface area contributed by atoms with Crippen molar-refractivity contribution in [2.24, 2.45) is 0 Å². The topological polar surface area (TPSA) is 58.1 Å². The van der Waals surface area contributed by atoms with E-state index in [2.05, 4.69) is 52.4 Å². The van der Waals surface area contributed by atoms with Gasteiger partial charge in [0.2, 0.25) is 0 Å². The molecule has 0 radical (unpaired) electrons. The summed E-state index contributed by atoms with van der Waals surface area (Å²) in [4.78, 5) is 0. The average molecular weight is 354 g/mol. The highest BCUT2D eigenvalue weighted by atomic mass is 127. The summed E-state index contributed by atoms with van der Waals surface area (Å²) in [6, 6.07) is 1.16. The smallest absolute Gasteiger partial charge is 0.128 e. The summed E-state index contributed by atoms with van der Waals surface area (Å²) < 4.78 is 6.42. The van der Waals surface area contributed by atoms with E-state index in [0.29, 0.717) is 6.61 Å². The van der Waals surface area contributed by atoms with E-state index >= 15 is 0 Å². The van der Waals surface area contributed by atoms with Crippen LogP contribution in [-0.4, -0.2) is 30.0 Å². The first-order valence-corrected chi connectivity index (χ1v) is 10.1. The minimum atomic E-state index is -1.01. The number of hydrogen-bond acceptors (Lipinski definition) is 3. The van der Waals surface area contributed by atoms with Crippen LogP contribution in [0.1, 0.15) is 11.3 Å². The first kappa shape index (κ1) is 14.1. The number of aromatic nitrogens is 2. The van der Waals surface area contributed by atoms with Crippen LogP contribution in [0.5, 0.6) is 0 Å². The van der Waals surface area contributed by atoms with Gasteiger partial charge in [-0.2, -0.15) is 5.10 Å². The van der Waals surface area contributed by atoms with Gasteiger partial charge in [-0.15, -0.1) is 0 Å². The Morgan fingerprint density at radius 3 is 2.69 bits per heavy atom. The van der Waals surface area contributed by atoms with Crippen molar-refractivity contribution in [2.75, 3.05) is 6.61 Å². The molecule has 0 aliphatic carbocycles. The lowest BCUT2D eigenvalue weighted by Gasteiger charge is -2.15. The summed E-state index contributed by atoms with van der Waals surface area (Å²) in [7, 11) is -1.01. The second kappa shape index (κ2) is 6.13. The molecule has 1 rings (SSSR count). The summed E-state index contributed by atoms with van der Waals surface area (Å²) in [5.74, 6) is 0. The van der Waals surface area contributed by atoms with Crippen molar-refractivity contribution in [2.45, 2.75) is 38.9 Å². The molecule has 92 valence electrons. The van der Waals surface area contributed by atoms with Crippen LogP contribution in [0.15, 0.2) is 0 Å². The second-order valence-corrected chi connectivity index (χ2v) is 11.6. The van der Waals surface area contributed by atoms with Crippen LogP contribution >= 0.6 is 22.6 Å². The summed E-state index contributed by atoms with van der Waals surface area (Å²) in [6.07, 6.45) is 0. The molecule has 0 unspecified atom stereocenters. The molecule has 0 aromatic carbocycles. The monoisotopic (exact) mass is 354 g/mol. The Morgan fingerprint density at radius 2 is 2.12 bits per heavy atom. The predicted octanol–water partition coefficient (Wildman–Crippen LogP) is 2.36. The molecular formula is C10H19IN2O2Si. The SMILES string of the molecule is C[Si](C)(C)CCOCc1[nH]nc(I)c1CO. The van der Waals surface area contributed by atoms with E-state index in [1.54, 1.807) is 0 Å². The van der Waals surface area contributed by atoms with Crippen LogP contribution in [0, 0.1) is 3.70 Å². The third-order valence-corrected chi connectivity index (χ3v) is 4.90. The van der Waals surface area contributed by atoms with Crippen LogP contribution in [0.25, 0.3) is 0 Å². The van der Waals surface area contributed by atoms with E-state index in [4.69, 9.17) is 9.84 Å². The number of ether oxygens (including phenoxy) is 1. The highest BCUT2D eigenvalue weighted by Crippen LogP contribution is 2.15. The molecule has 16 heavy (non-hydrogen) atoms. The van der Waals surface area contributed by atoms with Gasteiger partial charge in [0, 0.05) is 20.2 Å². The number of rotatable bonds is 6. The largest absolute Gasteiger partial charge is 0.392 e. The number of hydrogen-bond donors (Lipinski definition) is 2. The highest BCUT2D eigenvalue weighted by molar-refractivity contribution is 14.1. The van der Waals surface area contributed by atoms with Gasteiger partial charge in [-0.05, 0) is 28.6 Å². The zero-order valence-corrected chi connectivity index (χ0v) is 13.2. The summed E-state index contributed by atoms with van der Waals surface area (Å²) in [5.41, 5.74) is 1.75. The number of aliphatic hydroxyl groups excluding tert-OH is 1. The molecule has 0 spiro atoms. The molecule has 0 aliphatic rings. The van der Waals surface area contributed by atoms with Crippen molar-refractivity contribution in [3.8, 4) is 0 Å². The Labute approximate surface area is 111 Å². The standard InChI is InChI=1S/C10H19IN2O2Si/c1-16(2,3)5-4-15-7-9-8(6-14)10(11)13-12-9/h14H,4-7H2,1-3H3,(H,12,13). The summed E-state index contributed by atoms with van der Waals surface area (Å²) in [6.45, 7) is 8.30. The lowest BCUT2D eigenvalue weighted by atomic mass is 10.3. The number of nitrogens with one attached hydrogen (secondary N) is 1. The summed E-state index contributed by atoms with van der Waals surface area (Å²) in [5, 5.41) is 16.1. The Bertz CT molecular complexity index is 336. The Balaban J connectivity index is 2.37. The molecule has 1 aromatic rings. The molecule has 0 saturated heterocycles. The number of aromatic amines is 1. The van der Waals surface area contributed by atoms with Gasteiger partial charge in [0.05, 0.1) is 18.9 Å². The third-order valence-electron chi connectivity index (χ3n) is 2.30. The summed E-state index contributed by atoms with van der Waals surface area (Å²) >= 11 is 2.10. The minimum absolute atomic E-state index is 0.0154. The van der Waals surface area contributed by atoms with Gasteiger partial charge in [-0.25, -0.2) is 0 Å². The van der Waals surface area contributed by atoms with Crippen molar-refractivity contribution in [3.63, 3.8) is 0 Å². The van der Waals surface area contributed by atoms with Crippen LogP contribution < -0.4 is 0 Å². The zero-order chi connectivity index (χ0) is 12.2. The molecular weight excluding hydrogens is 335 g/mol. The van der Waals surface area contributed by atoms with Gasteiger partial charge < -0.3 is 9.84 Å². The van der Waals surface area contributed by atoms with Crippen LogP contribution in [0.2, 0.25) is 25.7 Å². The van der Waals surface area contributed by atoms with Crippen molar-refractivity contribution in [3.05, 3.63) is 15.0 Å². The normalized spacial score (nSPS) is 12.1. The van der Waals surface area contributed by atoms with Gasteiger partial charge in [0.25, 0.3) is 0 Å². The Kier molecular flexibility index (Phi) is 5.42. The van der Waals surface area contributed by atoms with E-state index < -0.39 is 8.07 Å². The predicted molar refractivity (Wildman–Crippen MR) is 75.0 cm³/mol. The molecule has 0 fully saturated rings. The van der Waals surface area contributed by atoms with E-state index in [1.807, 2.05) is 0 Å². The molecule has 0 saturated carbocycles. The van der Waals surface area contributed by atoms with Gasteiger partial charge in [-0.3, -0.25) is 5.10 Å². The van der Waals surface area contributed by atoms with Crippen molar-refractivity contribution >= 4 is 30.7 Å². The number of nitrogens with zero attached hydrogens (tertiary/aromatic N) is 1. The average Bonchev–Trinajstić information content (AvgIpc) is 2.52. The van der Waals surface area contributed by atoms with E-state index in [9.17, 15) is 0 Å². The van der Waals surface area contributed by atoms with Gasteiger partial charge in [0.1, 0.15) is 3.70 Å². The molecule has 6 heteroatoms. The van der Waals surface area contributed by atoms with Crippen molar-refractivity contribution in [1.29, 1.82) is 0 Å². The first-order valence-electron chi connectivity index (χ1n) is 5.34. The van der Waals surface area contributed by atoms with Crippen LogP contribution in [-0.2, 0) is 18.0 Å². The molecule has 0 aliphatic heterocycles. The number of aliphatic hydroxyl groups is 1. The Morgan fingerprint density at radius 1 is 1.44 bits per heavy atom. The fourth-order valence-electron chi connectivity index (χ4n) is 1.21. The van der Waals surface area contributed by atoms with Gasteiger partial charge >= 0.3 is 0 Å². The van der Waals surface area contributed by atoms with Crippen LogP contribution in [0.4, 0.5) is 0 Å². The number of H-pyrrole nitrogens is 1. The first-order chi connectivity index (χ1) is 7.44. The van der Waals surface area contributed by atoms with Gasteiger partial charge in [-0.1, -0.05) is 19.6 Å². The lowest BCUT2D eigenvalue weighted by Crippen LogP contribution is -2.21. The quantitative estimate of drug-likeness (QED) is 0.469. The number of halogens is 1. The van der Waals surface area contributed by atoms with Crippen LogP contribution in [0.3, 0.4) is 0 Å². The zero-order valence-electron chi connectivity index (χ0n) is 10.0. The molecule has 0 amide bonds. The Hall–Kier alpha value is 0.0769. The maximum absolute atomic E-state index is 9.16. The highest BCUT2D eigenvalue weighted by Gasteiger charge is 2.13. The fraction of sp³-hybridized carbons (Fsp3) is 0.700. The molecule has 2 N–H and O–H groups in total. The maximum atomic E-state index is 9.16. The van der Waals surface area contributed by atoms with E-state index in [-0.39, 0.29) is 6.61 Å².